The summed E-state index contributed by atoms with van der Waals surface area (Å²) in [7, 11) is -0.301. The van der Waals surface area contributed by atoms with E-state index in [0.29, 0.717) is 28.4 Å². The summed E-state index contributed by atoms with van der Waals surface area (Å²) in [5.74, 6) is 2.12. The molecule has 3 fully saturated rings. The lowest BCUT2D eigenvalue weighted by Gasteiger charge is -2.35. The zero-order valence-corrected chi connectivity index (χ0v) is 38.5. The van der Waals surface area contributed by atoms with E-state index in [1.54, 1.807) is 40.7 Å². The molecule has 2 N–H and O–H groups in total. The van der Waals surface area contributed by atoms with Crippen LogP contribution in [0.3, 0.4) is 0 Å². The molecule has 0 aromatic carbocycles. The molecule has 66 heavy (non-hydrogen) atoms. The van der Waals surface area contributed by atoms with Gasteiger partial charge >= 0.3 is 19.2 Å². The molecule has 4 bridgehead atoms. The topological polar surface area (TPSA) is 203 Å². The number of halogens is 1. The number of nitrogens with one attached hydrogen (secondary N) is 2. The van der Waals surface area contributed by atoms with Crippen LogP contribution in [0.1, 0.15) is 54.4 Å². The van der Waals surface area contributed by atoms with Crippen molar-refractivity contribution in [3.8, 4) is 11.3 Å². The van der Waals surface area contributed by atoms with Crippen molar-refractivity contribution in [2.75, 3.05) is 56.4 Å². The third-order valence-electron chi connectivity index (χ3n) is 12.7. The molecule has 0 radical (unpaired) electrons. The van der Waals surface area contributed by atoms with Crippen LogP contribution in [0.25, 0.3) is 11.3 Å². The quantitative estimate of drug-likeness (QED) is 0.151. The molecule has 0 aliphatic carbocycles. The molecule has 20 nitrogen and oxygen atoms in total. The molecule has 3 saturated heterocycles. The molecule has 11 rings (SSSR count). The van der Waals surface area contributed by atoms with Gasteiger partial charge in [0.1, 0.15) is 5.15 Å². The standard InChI is InChI=1S/C19H20N8O.C14H13ClN6O.C11H19BN2O2/c1-2-26-11-13(9-22-26)15-3-4-16-18(23-15)27(14-5-8-25(16)12-14)19(28)24-17-10-20-6-7-21-17;15-11-2-1-10-13(18-11)21(9-3-6-20(10)8-9)14(22)19-12-7-16-4-5-17-12;1-6-14-8-9(7-13-14)12-15-10(2,3)11(4,5)16-12/h3-4,6-7,9-11,14H,2,5,8,12H2,1H3,(H,21,24,28);1-2,4-5,7,9H,3,6,8H2,(H,17,19,22);7-8H,6H2,1-5H3/t14-;9-;/m00./s1. The Hall–Kier alpha value is -6.71. The zero-order valence-electron chi connectivity index (χ0n) is 37.7. The Bertz CT molecular complexity index is 2670. The van der Waals surface area contributed by atoms with Crippen LogP contribution in [-0.2, 0) is 22.4 Å². The van der Waals surface area contributed by atoms with Crippen LogP contribution < -0.4 is 35.7 Å². The Morgan fingerprint density at radius 3 is 1.76 bits per heavy atom. The Balaban J connectivity index is 0.000000130. The van der Waals surface area contributed by atoms with Gasteiger partial charge in [0, 0.05) is 93.7 Å². The molecule has 5 aliphatic rings. The summed E-state index contributed by atoms with van der Waals surface area (Å²) in [6, 6.07) is 7.39. The summed E-state index contributed by atoms with van der Waals surface area (Å²) in [4.78, 5) is 59.1. The van der Waals surface area contributed by atoms with Gasteiger partial charge in [0.05, 0.1) is 58.9 Å². The maximum atomic E-state index is 13.1. The maximum Gasteiger partial charge on any atom is 0.498 e. The lowest BCUT2D eigenvalue weighted by molar-refractivity contribution is 0.00578. The van der Waals surface area contributed by atoms with Gasteiger partial charge in [-0.05, 0) is 78.6 Å². The lowest BCUT2D eigenvalue weighted by Crippen LogP contribution is -2.48. The van der Waals surface area contributed by atoms with Gasteiger partial charge in [0.25, 0.3) is 0 Å². The summed E-state index contributed by atoms with van der Waals surface area (Å²) < 4.78 is 15.6. The third-order valence-corrected chi connectivity index (χ3v) is 12.9. The van der Waals surface area contributed by atoms with Crippen molar-refractivity contribution in [2.24, 2.45) is 0 Å². The molecule has 6 aromatic rings. The summed E-state index contributed by atoms with van der Waals surface area (Å²) in [5, 5.41) is 14.6. The first-order valence-corrected chi connectivity index (χ1v) is 22.5. The number of anilines is 6. The summed E-state index contributed by atoms with van der Waals surface area (Å²) in [5.41, 5.74) is 4.07. The van der Waals surface area contributed by atoms with E-state index in [1.807, 2.05) is 53.1 Å². The Morgan fingerprint density at radius 2 is 1.24 bits per heavy atom. The molecular formula is C44H52BClN16O4. The highest BCUT2D eigenvalue weighted by molar-refractivity contribution is 6.62. The fraction of sp³-hybridized carbons (Fsp3) is 0.409. The lowest BCUT2D eigenvalue weighted by atomic mass is 9.82. The number of aryl methyl sites for hydroxylation is 2. The van der Waals surface area contributed by atoms with Crippen LogP contribution in [0.15, 0.2) is 86.2 Å². The number of fused-ring (bicyclic) bond motifs is 8. The monoisotopic (exact) mass is 914 g/mol. The van der Waals surface area contributed by atoms with Crippen LogP contribution >= 0.6 is 11.6 Å². The van der Waals surface area contributed by atoms with Gasteiger partial charge in [-0.15, -0.1) is 0 Å². The molecule has 0 spiro atoms. The Kier molecular flexibility index (Phi) is 12.3. The van der Waals surface area contributed by atoms with Gasteiger partial charge < -0.3 is 19.1 Å². The van der Waals surface area contributed by atoms with Crippen LogP contribution in [0.5, 0.6) is 0 Å². The second-order valence-corrected chi connectivity index (χ2v) is 17.8. The van der Waals surface area contributed by atoms with E-state index in [1.165, 1.54) is 18.6 Å². The third kappa shape index (κ3) is 8.97. The first-order valence-electron chi connectivity index (χ1n) is 22.1. The minimum absolute atomic E-state index is 0.0882. The van der Waals surface area contributed by atoms with E-state index >= 15 is 0 Å². The van der Waals surface area contributed by atoms with Crippen LogP contribution in [0.2, 0.25) is 5.15 Å². The van der Waals surface area contributed by atoms with E-state index in [4.69, 9.17) is 25.9 Å². The number of amides is 4. The highest BCUT2D eigenvalue weighted by Crippen LogP contribution is 2.42. The fourth-order valence-electron chi connectivity index (χ4n) is 8.47. The number of hydrogen-bond donors (Lipinski definition) is 2. The van der Waals surface area contributed by atoms with Gasteiger partial charge in [-0.1, -0.05) is 11.6 Å². The number of hydrogen-bond acceptors (Lipinski definition) is 14. The van der Waals surface area contributed by atoms with Gasteiger partial charge in [0.15, 0.2) is 23.3 Å². The number of carbonyl (C=O) groups excluding carboxylic acids is 2. The SMILES string of the molecule is CCn1cc(-c2ccc3c(n2)N(C(=O)Nc2cnccn2)[C@H]2CCN3C2)cn1.CCn1cc(B2OC(C)(C)C(C)(C)O2)cn1.O=C(Nc1cnccn1)N1c2nc(Cl)ccc2N2CC[C@H]1C2. The van der Waals surface area contributed by atoms with Crippen molar-refractivity contribution in [3.63, 3.8) is 0 Å². The molecule has 2 atom stereocenters. The van der Waals surface area contributed by atoms with E-state index in [9.17, 15) is 9.59 Å². The minimum Gasteiger partial charge on any atom is -0.399 e. The van der Waals surface area contributed by atoms with Gasteiger partial charge in [-0.2, -0.15) is 10.2 Å². The number of aromatic nitrogens is 10. The highest BCUT2D eigenvalue weighted by atomic mass is 35.5. The van der Waals surface area contributed by atoms with Crippen molar-refractivity contribution < 1.29 is 18.9 Å². The average Bonchev–Trinajstić information content (AvgIpc) is 4.17. The summed E-state index contributed by atoms with van der Waals surface area (Å²) in [6.07, 6.45) is 18.6. The molecule has 4 amide bonds. The van der Waals surface area contributed by atoms with Crippen molar-refractivity contribution >= 4 is 70.9 Å². The number of nitrogens with zero attached hydrogens (tertiary/aromatic N) is 14. The number of urea groups is 2. The van der Waals surface area contributed by atoms with Gasteiger partial charge in [-0.3, -0.25) is 39.8 Å². The predicted molar refractivity (Wildman–Crippen MR) is 252 cm³/mol. The van der Waals surface area contributed by atoms with Crippen LogP contribution in [0.4, 0.5) is 44.2 Å². The first kappa shape index (κ1) is 44.5. The number of pyridine rings is 2. The zero-order chi connectivity index (χ0) is 46.2. The maximum absolute atomic E-state index is 13.1. The molecular weight excluding hydrogens is 863 g/mol. The smallest absolute Gasteiger partial charge is 0.399 e. The van der Waals surface area contributed by atoms with E-state index in [0.717, 1.165) is 80.2 Å². The van der Waals surface area contributed by atoms with E-state index in [-0.39, 0.29) is 42.5 Å². The molecule has 22 heteroatoms. The fourth-order valence-corrected chi connectivity index (χ4v) is 8.61. The number of carbonyl (C=O) groups is 2. The van der Waals surface area contributed by atoms with Crippen molar-refractivity contribution in [3.05, 3.63) is 91.4 Å². The molecule has 5 aliphatic heterocycles. The molecule has 11 heterocycles. The largest absolute Gasteiger partial charge is 0.498 e. The average molecular weight is 915 g/mol. The normalized spacial score (nSPS) is 19.3. The Morgan fingerprint density at radius 1 is 0.712 bits per heavy atom. The molecule has 0 unspecified atom stereocenters. The van der Waals surface area contributed by atoms with Crippen molar-refractivity contribution in [1.29, 1.82) is 0 Å². The predicted octanol–water partition coefficient (Wildman–Crippen LogP) is 5.74. The van der Waals surface area contributed by atoms with Crippen LogP contribution in [-0.4, -0.2) is 118 Å². The molecule has 0 saturated carbocycles. The minimum atomic E-state index is -0.301. The van der Waals surface area contributed by atoms with Gasteiger partial charge in [0.2, 0.25) is 0 Å². The molecule has 342 valence electrons. The van der Waals surface area contributed by atoms with E-state index < -0.39 is 0 Å². The molecule has 6 aromatic heterocycles. The van der Waals surface area contributed by atoms with Crippen molar-refractivity contribution in [1.82, 2.24) is 49.5 Å². The van der Waals surface area contributed by atoms with Crippen molar-refractivity contribution in [2.45, 2.75) is 90.8 Å². The van der Waals surface area contributed by atoms with Gasteiger partial charge in [-0.25, -0.2) is 29.5 Å². The highest BCUT2D eigenvalue weighted by Gasteiger charge is 2.52. The van der Waals surface area contributed by atoms with Crippen LogP contribution in [0, 0.1) is 0 Å². The summed E-state index contributed by atoms with van der Waals surface area (Å²) >= 11 is 6.01. The number of rotatable bonds is 6. The second kappa shape index (κ2) is 18.3. The Labute approximate surface area is 387 Å². The van der Waals surface area contributed by atoms with E-state index in [2.05, 4.69) is 90.2 Å². The summed E-state index contributed by atoms with van der Waals surface area (Å²) in [6.45, 7) is 17.4. The first-order chi connectivity index (χ1) is 31.8. The second-order valence-electron chi connectivity index (χ2n) is 17.4.